The molecule has 162 valence electrons. The number of aryl methyl sites for hydroxylation is 1. The van der Waals surface area contributed by atoms with E-state index >= 15 is 0 Å². The summed E-state index contributed by atoms with van der Waals surface area (Å²) in [5.41, 5.74) is 0.931. The molecule has 0 bridgehead atoms. The summed E-state index contributed by atoms with van der Waals surface area (Å²) in [6.07, 6.45) is 3.47. The monoisotopic (exact) mass is 453 g/mol. The van der Waals surface area contributed by atoms with Crippen molar-refractivity contribution in [3.05, 3.63) is 88.5 Å². The minimum Gasteiger partial charge on any atom is -0.206 e. The number of thiocarbonyl (C=S) groups is 1. The highest BCUT2D eigenvalue weighted by molar-refractivity contribution is 7.78. The van der Waals surface area contributed by atoms with Crippen molar-refractivity contribution in [3.63, 3.8) is 0 Å². The van der Waals surface area contributed by atoms with Gasteiger partial charge in [-0.2, -0.15) is 4.99 Å². The first kappa shape index (κ1) is 23.4. The lowest BCUT2D eigenvalue weighted by Crippen LogP contribution is -1.95. The molecule has 0 aliphatic heterocycles. The number of aliphatic imine (C=N–C) groups is 1. The van der Waals surface area contributed by atoms with Crippen LogP contribution in [0.15, 0.2) is 53.5 Å². The molecule has 1 nitrogen and oxygen atoms in total. The third-order valence-electron chi connectivity index (χ3n) is 4.90. The van der Waals surface area contributed by atoms with Gasteiger partial charge in [0.05, 0.1) is 10.7 Å². The molecule has 0 aliphatic rings. The van der Waals surface area contributed by atoms with Crippen molar-refractivity contribution in [2.45, 2.75) is 32.6 Å². The molecule has 32 heavy (non-hydrogen) atoms. The van der Waals surface area contributed by atoms with Gasteiger partial charge in [0, 0.05) is 11.1 Å². The van der Waals surface area contributed by atoms with E-state index in [4.69, 9.17) is 0 Å². The Balaban J connectivity index is 1.84. The molecule has 0 aliphatic carbocycles. The van der Waals surface area contributed by atoms with Crippen molar-refractivity contribution in [2.24, 2.45) is 4.99 Å². The van der Waals surface area contributed by atoms with Gasteiger partial charge >= 0.3 is 0 Å². The second kappa shape index (κ2) is 10.9. The Kier molecular flexibility index (Phi) is 7.94. The van der Waals surface area contributed by atoms with Crippen LogP contribution in [-0.4, -0.2) is 5.16 Å². The minimum absolute atomic E-state index is 0.00656. The Hall–Kier alpha value is -3.26. The van der Waals surface area contributed by atoms with Crippen molar-refractivity contribution in [3.8, 4) is 23.0 Å². The molecule has 0 spiro atoms. The smallest absolute Gasteiger partial charge is 0.150 e. The summed E-state index contributed by atoms with van der Waals surface area (Å²) in [7, 11) is 0. The van der Waals surface area contributed by atoms with E-state index in [1.54, 1.807) is 0 Å². The second-order valence-corrected chi connectivity index (χ2v) is 7.39. The molecule has 0 radical (unpaired) electrons. The van der Waals surface area contributed by atoms with E-state index in [1.807, 2.05) is 0 Å². The fourth-order valence-electron chi connectivity index (χ4n) is 3.24. The standard InChI is InChI=1S/C26H19F4NS/c1-2-3-4-5-18-13-23(28)21(24(29)14-18)10-7-17-6-9-20(22(27)12-17)19-8-11-26(31-16-32)25(30)15-19/h6,8-9,11-15H,2-5H2,1H3. The van der Waals surface area contributed by atoms with E-state index in [2.05, 4.69) is 41.1 Å². The summed E-state index contributed by atoms with van der Waals surface area (Å²) in [5, 5.41) is 2.08. The van der Waals surface area contributed by atoms with Crippen molar-refractivity contribution in [2.75, 3.05) is 0 Å². The van der Waals surface area contributed by atoms with Crippen LogP contribution in [0.4, 0.5) is 23.2 Å². The van der Waals surface area contributed by atoms with Gasteiger partial charge in [0.1, 0.15) is 29.0 Å². The van der Waals surface area contributed by atoms with Crippen LogP contribution in [0.1, 0.15) is 42.9 Å². The fraction of sp³-hybridized carbons (Fsp3) is 0.192. The molecule has 0 saturated carbocycles. The average Bonchev–Trinajstić information content (AvgIpc) is 2.75. The van der Waals surface area contributed by atoms with Crippen LogP contribution in [0.5, 0.6) is 0 Å². The van der Waals surface area contributed by atoms with E-state index in [9.17, 15) is 17.6 Å². The van der Waals surface area contributed by atoms with Crippen molar-refractivity contribution >= 4 is 23.1 Å². The molecule has 6 heteroatoms. The molecule has 0 heterocycles. The van der Waals surface area contributed by atoms with Crippen LogP contribution in [0, 0.1) is 35.1 Å². The lowest BCUT2D eigenvalue weighted by molar-refractivity contribution is 0.572. The maximum atomic E-state index is 14.6. The highest BCUT2D eigenvalue weighted by Gasteiger charge is 2.11. The zero-order valence-corrected chi connectivity index (χ0v) is 18.1. The SMILES string of the molecule is CCCCCc1cc(F)c(C#Cc2ccc(-c3ccc(N=C=S)c(F)c3)c(F)c2)c(F)c1. The molecular formula is C26H19F4NS. The molecule has 0 fully saturated rings. The largest absolute Gasteiger partial charge is 0.206 e. The number of isothiocyanates is 1. The van der Waals surface area contributed by atoms with E-state index in [1.165, 1.54) is 36.4 Å². The Morgan fingerprint density at radius 2 is 1.56 bits per heavy atom. The van der Waals surface area contributed by atoms with Crippen LogP contribution in [0.3, 0.4) is 0 Å². The third kappa shape index (κ3) is 5.70. The van der Waals surface area contributed by atoms with Crippen LogP contribution < -0.4 is 0 Å². The summed E-state index contributed by atoms with van der Waals surface area (Å²) >= 11 is 4.46. The maximum Gasteiger partial charge on any atom is 0.150 e. The number of benzene rings is 3. The third-order valence-corrected chi connectivity index (χ3v) is 4.99. The Bertz CT molecular complexity index is 1230. The summed E-state index contributed by atoms with van der Waals surface area (Å²) in [5.74, 6) is 2.26. The Morgan fingerprint density at radius 1 is 0.812 bits per heavy atom. The summed E-state index contributed by atoms with van der Waals surface area (Å²) in [6.45, 7) is 2.06. The zero-order chi connectivity index (χ0) is 23.1. The van der Waals surface area contributed by atoms with Crippen molar-refractivity contribution in [1.82, 2.24) is 0 Å². The first-order chi connectivity index (χ1) is 15.4. The molecule has 0 unspecified atom stereocenters. The van der Waals surface area contributed by atoms with Gasteiger partial charge in [-0.1, -0.05) is 43.7 Å². The quantitative estimate of drug-likeness (QED) is 0.122. The lowest BCUT2D eigenvalue weighted by atomic mass is 10.0. The molecule has 0 N–H and O–H groups in total. The number of halogens is 4. The molecule has 0 amide bonds. The number of unbranched alkanes of at least 4 members (excludes halogenated alkanes) is 2. The maximum absolute atomic E-state index is 14.6. The first-order valence-corrected chi connectivity index (χ1v) is 10.5. The van der Waals surface area contributed by atoms with Gasteiger partial charge in [0.25, 0.3) is 0 Å². The molecule has 3 rings (SSSR count). The van der Waals surface area contributed by atoms with Gasteiger partial charge in [-0.15, -0.1) is 0 Å². The highest BCUT2D eigenvalue weighted by Crippen LogP contribution is 2.28. The summed E-state index contributed by atoms with van der Waals surface area (Å²) in [4.78, 5) is 3.59. The molecule has 0 aromatic heterocycles. The molecule has 0 atom stereocenters. The predicted octanol–water partition coefficient (Wildman–Crippen LogP) is 7.78. The normalized spacial score (nSPS) is 10.3. The van der Waals surface area contributed by atoms with Crippen LogP contribution in [0.2, 0.25) is 0 Å². The van der Waals surface area contributed by atoms with Gasteiger partial charge in [0.15, 0.2) is 0 Å². The fourth-order valence-corrected chi connectivity index (χ4v) is 3.34. The number of hydrogen-bond donors (Lipinski definition) is 0. The van der Waals surface area contributed by atoms with Gasteiger partial charge < -0.3 is 0 Å². The van der Waals surface area contributed by atoms with Gasteiger partial charge in [-0.25, -0.2) is 17.6 Å². The summed E-state index contributed by atoms with van der Waals surface area (Å²) in [6, 6.07) is 10.7. The minimum atomic E-state index is -0.740. The number of hydrogen-bond acceptors (Lipinski definition) is 2. The van der Waals surface area contributed by atoms with Crippen LogP contribution in [0.25, 0.3) is 11.1 Å². The molecule has 3 aromatic carbocycles. The average molecular weight is 454 g/mol. The van der Waals surface area contributed by atoms with Gasteiger partial charge in [0.2, 0.25) is 0 Å². The molecular weight excluding hydrogens is 434 g/mol. The van der Waals surface area contributed by atoms with Gasteiger partial charge in [-0.3, -0.25) is 0 Å². The number of nitrogens with zero attached hydrogens (tertiary/aromatic N) is 1. The van der Waals surface area contributed by atoms with Crippen LogP contribution in [-0.2, 0) is 6.42 Å². The zero-order valence-electron chi connectivity index (χ0n) is 17.3. The van der Waals surface area contributed by atoms with E-state index in [-0.39, 0.29) is 22.4 Å². The van der Waals surface area contributed by atoms with Crippen molar-refractivity contribution in [1.29, 1.82) is 0 Å². The van der Waals surface area contributed by atoms with Gasteiger partial charge in [-0.05, 0) is 72.6 Å². The number of rotatable bonds is 6. The predicted molar refractivity (Wildman–Crippen MR) is 122 cm³/mol. The second-order valence-electron chi connectivity index (χ2n) is 7.21. The van der Waals surface area contributed by atoms with E-state index < -0.39 is 23.3 Å². The first-order valence-electron chi connectivity index (χ1n) is 10.1. The molecule has 0 saturated heterocycles. The lowest BCUT2D eigenvalue weighted by Gasteiger charge is -2.06. The van der Waals surface area contributed by atoms with Crippen molar-refractivity contribution < 1.29 is 17.6 Å². The van der Waals surface area contributed by atoms with E-state index in [0.29, 0.717) is 17.5 Å². The Labute approximate surface area is 189 Å². The topological polar surface area (TPSA) is 12.4 Å². The highest BCUT2D eigenvalue weighted by atomic mass is 32.1. The summed E-state index contributed by atoms with van der Waals surface area (Å²) < 4.78 is 57.3. The van der Waals surface area contributed by atoms with E-state index in [0.717, 1.165) is 31.4 Å². The molecule has 3 aromatic rings. The van der Waals surface area contributed by atoms with Crippen LogP contribution >= 0.6 is 12.2 Å². The Morgan fingerprint density at radius 3 is 2.19 bits per heavy atom.